The van der Waals surface area contributed by atoms with Gasteiger partial charge in [-0.05, 0) is 44.0 Å². The van der Waals surface area contributed by atoms with Crippen LogP contribution in [-0.2, 0) is 0 Å². The molecule has 0 radical (unpaired) electrons. The van der Waals surface area contributed by atoms with Gasteiger partial charge in [-0.15, -0.1) is 0 Å². The first-order valence-electron chi connectivity index (χ1n) is 7.61. The van der Waals surface area contributed by atoms with Crippen LogP contribution >= 0.6 is 0 Å². The number of nitrogens with zero attached hydrogens (tertiary/aromatic N) is 1. The zero-order valence-electron chi connectivity index (χ0n) is 12.2. The van der Waals surface area contributed by atoms with E-state index < -0.39 is 6.09 Å². The van der Waals surface area contributed by atoms with E-state index >= 15 is 0 Å². The predicted molar refractivity (Wildman–Crippen MR) is 78.5 cm³/mol. The largest absolute Gasteiger partial charge is 0.472 e. The average Bonchev–Trinajstić information content (AvgIpc) is 3.19. The van der Waals surface area contributed by atoms with Crippen LogP contribution in [0.15, 0.2) is 39.6 Å². The number of furan rings is 2. The zero-order chi connectivity index (χ0) is 14.9. The number of hydrogen-bond acceptors (Lipinski definition) is 5. The van der Waals surface area contributed by atoms with Gasteiger partial charge in [0.05, 0.1) is 11.8 Å². The van der Waals surface area contributed by atoms with Crippen molar-refractivity contribution in [2.24, 2.45) is 5.92 Å². The summed E-state index contributed by atoms with van der Waals surface area (Å²) < 4.78 is 15.7. The minimum absolute atomic E-state index is 0.179. The number of fused-ring (bicyclic) bond motifs is 3. The van der Waals surface area contributed by atoms with E-state index in [0.717, 1.165) is 38.0 Å². The van der Waals surface area contributed by atoms with Crippen molar-refractivity contribution in [2.75, 3.05) is 19.6 Å². The molecule has 3 aliphatic heterocycles. The molecule has 6 nitrogen and oxygen atoms in total. The number of carbonyl (C=O) groups is 1. The van der Waals surface area contributed by atoms with Crippen LogP contribution in [0.4, 0.5) is 4.79 Å². The minimum Gasteiger partial charge on any atom is -0.472 e. The highest BCUT2D eigenvalue weighted by molar-refractivity contribution is 5.70. The molecule has 1 N–H and O–H groups in total. The van der Waals surface area contributed by atoms with Crippen LogP contribution in [0.3, 0.4) is 0 Å². The molecule has 1 amide bonds. The lowest BCUT2D eigenvalue weighted by Gasteiger charge is -2.44. The van der Waals surface area contributed by atoms with E-state index in [0.29, 0.717) is 11.7 Å². The predicted octanol–water partition coefficient (Wildman–Crippen LogP) is 2.72. The molecule has 2 bridgehead atoms. The third-order valence-electron chi connectivity index (χ3n) is 4.54. The summed E-state index contributed by atoms with van der Waals surface area (Å²) in [7, 11) is 0. The monoisotopic (exact) mass is 302 g/mol. The van der Waals surface area contributed by atoms with Gasteiger partial charge in [0.2, 0.25) is 0 Å². The number of hydrogen-bond donors (Lipinski definition) is 1. The molecule has 5 rings (SSSR count). The Morgan fingerprint density at radius 3 is 2.82 bits per heavy atom. The molecule has 5 heterocycles. The molecule has 0 spiro atoms. The number of amides is 1. The van der Waals surface area contributed by atoms with Gasteiger partial charge in [0.15, 0.2) is 0 Å². The van der Waals surface area contributed by atoms with Crippen molar-refractivity contribution in [3.05, 3.63) is 30.7 Å². The summed E-state index contributed by atoms with van der Waals surface area (Å²) >= 11 is 0. The van der Waals surface area contributed by atoms with Gasteiger partial charge in [0.1, 0.15) is 12.0 Å². The third-order valence-corrected chi connectivity index (χ3v) is 4.54. The lowest BCUT2D eigenvalue weighted by Crippen LogP contribution is -2.57. The van der Waals surface area contributed by atoms with Crippen LogP contribution in [0.25, 0.3) is 11.3 Å². The fourth-order valence-corrected chi connectivity index (χ4v) is 3.34. The Bertz CT molecular complexity index is 641. The number of piperidine rings is 3. The van der Waals surface area contributed by atoms with Crippen molar-refractivity contribution in [1.82, 2.24) is 10.2 Å². The van der Waals surface area contributed by atoms with Gasteiger partial charge in [-0.2, -0.15) is 0 Å². The maximum Gasteiger partial charge on any atom is 0.415 e. The van der Waals surface area contributed by atoms with E-state index in [1.165, 1.54) is 0 Å². The molecule has 0 unspecified atom stereocenters. The molecule has 0 aromatic carbocycles. The van der Waals surface area contributed by atoms with E-state index in [1.54, 1.807) is 30.7 Å². The molecular weight excluding hydrogens is 284 g/mol. The molecule has 0 aliphatic carbocycles. The van der Waals surface area contributed by atoms with Gasteiger partial charge in [-0.1, -0.05) is 0 Å². The lowest BCUT2D eigenvalue weighted by molar-refractivity contribution is 0.0715. The molecule has 116 valence electrons. The lowest BCUT2D eigenvalue weighted by atomic mass is 9.84. The van der Waals surface area contributed by atoms with Gasteiger partial charge in [0.25, 0.3) is 5.95 Å². The maximum atomic E-state index is 12.0. The van der Waals surface area contributed by atoms with Crippen molar-refractivity contribution < 1.29 is 18.4 Å². The normalized spacial score (nSPS) is 26.8. The molecule has 2 aromatic rings. The molecule has 22 heavy (non-hydrogen) atoms. The Kier molecular flexibility index (Phi) is 3.38. The second-order valence-corrected chi connectivity index (χ2v) is 5.91. The Morgan fingerprint density at radius 2 is 2.14 bits per heavy atom. The van der Waals surface area contributed by atoms with E-state index in [1.807, 2.05) is 0 Å². The summed E-state index contributed by atoms with van der Waals surface area (Å²) in [5, 5.41) is 2.96. The smallest absolute Gasteiger partial charge is 0.415 e. The molecular formula is C16H18N2O4. The van der Waals surface area contributed by atoms with E-state index in [2.05, 4.69) is 10.2 Å². The van der Waals surface area contributed by atoms with Crippen molar-refractivity contribution >= 4 is 6.09 Å². The second kappa shape index (κ2) is 5.53. The molecule has 0 saturated carbocycles. The van der Waals surface area contributed by atoms with Crippen LogP contribution in [0.1, 0.15) is 12.8 Å². The summed E-state index contributed by atoms with van der Waals surface area (Å²) in [5.74, 6) is 1.37. The zero-order valence-corrected chi connectivity index (χ0v) is 12.2. The minimum atomic E-state index is -0.452. The van der Waals surface area contributed by atoms with Gasteiger partial charge in [0, 0.05) is 18.7 Å². The van der Waals surface area contributed by atoms with E-state index in [-0.39, 0.29) is 12.0 Å². The number of nitrogens with one attached hydrogen (secondary N) is 1. The van der Waals surface area contributed by atoms with Crippen molar-refractivity contribution in [2.45, 2.75) is 18.9 Å². The molecule has 1 atom stereocenters. The Hall–Kier alpha value is -2.21. The van der Waals surface area contributed by atoms with Crippen molar-refractivity contribution in [3.8, 4) is 17.3 Å². The average molecular weight is 302 g/mol. The van der Waals surface area contributed by atoms with Crippen molar-refractivity contribution in [3.63, 3.8) is 0 Å². The SMILES string of the molecule is O=C(N[C@H]1CN2CCC1CC2)Oc1ccc(-c2ccoc2)o1. The number of ether oxygens (including phenoxy) is 1. The first-order valence-corrected chi connectivity index (χ1v) is 7.61. The molecule has 6 heteroatoms. The first-order chi connectivity index (χ1) is 10.8. The van der Waals surface area contributed by atoms with Gasteiger partial charge in [-0.25, -0.2) is 4.79 Å². The first kappa shape index (κ1) is 13.5. The fraction of sp³-hybridized carbons (Fsp3) is 0.438. The summed E-state index contributed by atoms with van der Waals surface area (Å²) in [6, 6.07) is 5.36. The second-order valence-electron chi connectivity index (χ2n) is 5.91. The summed E-state index contributed by atoms with van der Waals surface area (Å²) in [4.78, 5) is 14.4. The van der Waals surface area contributed by atoms with Gasteiger partial charge < -0.3 is 23.8 Å². The highest BCUT2D eigenvalue weighted by Gasteiger charge is 2.35. The molecule has 3 aliphatic rings. The highest BCUT2D eigenvalue weighted by atomic mass is 16.6. The fourth-order valence-electron chi connectivity index (χ4n) is 3.34. The standard InChI is InChI=1S/C16H18N2O4/c19-16(17-13-9-18-6-3-11(13)4-7-18)22-15-2-1-14(21-15)12-5-8-20-10-12/h1-2,5,8,10-11,13H,3-4,6-7,9H2,(H,17,19)/t13-/m0/s1. The Morgan fingerprint density at radius 1 is 1.27 bits per heavy atom. The summed E-state index contributed by atoms with van der Waals surface area (Å²) in [6.45, 7) is 3.20. The highest BCUT2D eigenvalue weighted by Crippen LogP contribution is 2.28. The van der Waals surface area contributed by atoms with Crippen LogP contribution in [0.2, 0.25) is 0 Å². The molecule has 3 saturated heterocycles. The van der Waals surface area contributed by atoms with Crippen LogP contribution in [-0.4, -0.2) is 36.7 Å². The summed E-state index contributed by atoms with van der Waals surface area (Å²) in [5.41, 5.74) is 0.813. The van der Waals surface area contributed by atoms with Crippen LogP contribution in [0, 0.1) is 5.92 Å². The van der Waals surface area contributed by atoms with Crippen molar-refractivity contribution in [1.29, 1.82) is 0 Å². The van der Waals surface area contributed by atoms with Crippen LogP contribution < -0.4 is 10.1 Å². The quantitative estimate of drug-likeness (QED) is 0.944. The van der Waals surface area contributed by atoms with Gasteiger partial charge >= 0.3 is 6.09 Å². The third kappa shape index (κ3) is 2.62. The number of rotatable bonds is 3. The summed E-state index contributed by atoms with van der Waals surface area (Å²) in [6.07, 6.45) is 4.99. The molecule has 2 aromatic heterocycles. The Labute approximate surface area is 128 Å². The van der Waals surface area contributed by atoms with E-state index in [4.69, 9.17) is 13.6 Å². The maximum absolute atomic E-state index is 12.0. The molecule has 3 fully saturated rings. The van der Waals surface area contributed by atoms with E-state index in [9.17, 15) is 4.79 Å². The topological polar surface area (TPSA) is 67.9 Å². The Balaban J connectivity index is 1.36. The number of carbonyl (C=O) groups excluding carboxylic acids is 1. The van der Waals surface area contributed by atoms with Crippen LogP contribution in [0.5, 0.6) is 5.95 Å². The van der Waals surface area contributed by atoms with Gasteiger partial charge in [-0.3, -0.25) is 0 Å².